The zero-order valence-electron chi connectivity index (χ0n) is 28.5. The lowest BCUT2D eigenvalue weighted by atomic mass is 9.95. The van der Waals surface area contributed by atoms with E-state index in [4.69, 9.17) is 15.5 Å². The number of urea groups is 1. The maximum Gasteiger partial charge on any atom is 0.407 e. The summed E-state index contributed by atoms with van der Waals surface area (Å²) in [5, 5.41) is 10.3. The van der Waals surface area contributed by atoms with Gasteiger partial charge >= 0.3 is 12.1 Å². The topological polar surface area (TPSA) is 151 Å². The third-order valence-corrected chi connectivity index (χ3v) is 10.3. The Bertz CT molecular complexity index is 1480. The molecule has 264 valence electrons. The summed E-state index contributed by atoms with van der Waals surface area (Å²) >= 11 is 3.16. The van der Waals surface area contributed by atoms with Gasteiger partial charge in [0.2, 0.25) is 5.91 Å². The van der Waals surface area contributed by atoms with Crippen LogP contribution in [-0.2, 0) is 29.0 Å². The van der Waals surface area contributed by atoms with E-state index in [1.54, 1.807) is 35.4 Å². The second kappa shape index (κ2) is 19.9. The van der Waals surface area contributed by atoms with Crippen LogP contribution in [-0.4, -0.2) is 83.0 Å². The molecule has 2 aromatic carbocycles. The first kappa shape index (κ1) is 37.9. The number of aliphatic imine (C=N–C) groups is 1. The minimum absolute atomic E-state index is 0.0256. The normalized spacial score (nSPS) is 15.9. The molecule has 4 amide bonds. The van der Waals surface area contributed by atoms with Crippen LogP contribution in [0, 0.1) is 5.92 Å². The second-order valence-corrected chi connectivity index (χ2v) is 14.6. The lowest BCUT2D eigenvalue weighted by Crippen LogP contribution is -2.54. The van der Waals surface area contributed by atoms with Gasteiger partial charge in [0.15, 0.2) is 0 Å². The summed E-state index contributed by atoms with van der Waals surface area (Å²) in [6.07, 6.45) is 3.81. The van der Waals surface area contributed by atoms with Crippen molar-refractivity contribution < 1.29 is 19.1 Å². The van der Waals surface area contributed by atoms with Gasteiger partial charge < -0.3 is 31.3 Å². The van der Waals surface area contributed by atoms with Gasteiger partial charge in [-0.05, 0) is 49.8 Å². The molecule has 4 atom stereocenters. The molecule has 0 saturated heterocycles. The van der Waals surface area contributed by atoms with E-state index in [9.17, 15) is 14.4 Å². The molecule has 1 aromatic heterocycles. The van der Waals surface area contributed by atoms with Gasteiger partial charge in [0.25, 0.3) is 0 Å². The average Bonchev–Trinajstić information content (AvgIpc) is 3.80. The lowest BCUT2D eigenvalue weighted by Gasteiger charge is -2.27. The number of rotatable bonds is 18. The molecule has 1 aliphatic heterocycles. The fourth-order valence-corrected chi connectivity index (χ4v) is 7.16. The number of thioether (sulfide) groups is 1. The van der Waals surface area contributed by atoms with Crippen molar-refractivity contribution in [3.8, 4) is 0 Å². The monoisotopic (exact) mass is 707 g/mol. The van der Waals surface area contributed by atoms with Gasteiger partial charge in [-0.1, -0.05) is 74.5 Å². The Balaban J connectivity index is 1.41. The first-order valence-corrected chi connectivity index (χ1v) is 18.7. The van der Waals surface area contributed by atoms with E-state index in [0.717, 1.165) is 26.8 Å². The molecule has 3 aromatic rings. The fraction of sp³-hybridized carbons (Fsp3) is 0.472. The first-order chi connectivity index (χ1) is 23.7. The van der Waals surface area contributed by atoms with Crippen molar-refractivity contribution in [1.82, 2.24) is 25.8 Å². The summed E-state index contributed by atoms with van der Waals surface area (Å²) in [6, 6.07) is 18.3. The number of ether oxygens (including phenoxy) is 1. The van der Waals surface area contributed by atoms with Crippen LogP contribution in [0.25, 0.3) is 0 Å². The quantitative estimate of drug-likeness (QED) is 0.145. The van der Waals surface area contributed by atoms with Gasteiger partial charge in [-0.25, -0.2) is 9.59 Å². The molecule has 4 rings (SSSR count). The molecular formula is C36H49N7O4S2. The molecule has 4 unspecified atom stereocenters. The Hall–Kier alpha value is -3.94. The minimum Gasteiger partial charge on any atom is -0.444 e. The number of likely N-dealkylation sites (N-methyl/N-ethyl adjacent to an activating group) is 1. The Kier molecular flexibility index (Phi) is 15.4. The largest absolute Gasteiger partial charge is 0.444 e. The van der Waals surface area contributed by atoms with Crippen LogP contribution < -0.4 is 21.7 Å². The van der Waals surface area contributed by atoms with Crippen LogP contribution in [0.5, 0.6) is 0 Å². The molecule has 2 heterocycles. The number of nitrogens with zero attached hydrogens (tertiary/aromatic N) is 3. The highest BCUT2D eigenvalue weighted by Crippen LogP contribution is 2.23. The van der Waals surface area contributed by atoms with E-state index < -0.39 is 12.1 Å². The number of hydrogen-bond acceptors (Lipinski definition) is 9. The molecule has 0 bridgehead atoms. The predicted octanol–water partition coefficient (Wildman–Crippen LogP) is 5.02. The predicted molar refractivity (Wildman–Crippen MR) is 198 cm³/mol. The van der Waals surface area contributed by atoms with E-state index in [-0.39, 0.29) is 43.2 Å². The maximum absolute atomic E-state index is 13.7. The van der Waals surface area contributed by atoms with E-state index >= 15 is 0 Å². The summed E-state index contributed by atoms with van der Waals surface area (Å²) in [6.45, 7) is 5.08. The van der Waals surface area contributed by atoms with E-state index in [1.807, 2.05) is 60.7 Å². The number of carbonyl (C=O) groups is 3. The van der Waals surface area contributed by atoms with Crippen LogP contribution in [0.2, 0.25) is 0 Å². The van der Waals surface area contributed by atoms with Crippen LogP contribution >= 0.6 is 23.1 Å². The maximum atomic E-state index is 13.7. The smallest absolute Gasteiger partial charge is 0.407 e. The third kappa shape index (κ3) is 13.1. The average molecular weight is 708 g/mol. The molecule has 0 aliphatic carbocycles. The molecule has 49 heavy (non-hydrogen) atoms. The number of hydrogen-bond donors (Lipinski definition) is 4. The van der Waals surface area contributed by atoms with Gasteiger partial charge in [-0.2, -0.15) is 0 Å². The van der Waals surface area contributed by atoms with Crippen molar-refractivity contribution in [2.75, 3.05) is 25.9 Å². The Morgan fingerprint density at radius 2 is 1.57 bits per heavy atom. The zero-order chi connectivity index (χ0) is 35.0. The lowest BCUT2D eigenvalue weighted by molar-refractivity contribution is -0.123. The van der Waals surface area contributed by atoms with Crippen LogP contribution in [0.1, 0.15) is 49.1 Å². The molecule has 1 aliphatic rings. The van der Waals surface area contributed by atoms with Crippen molar-refractivity contribution in [3.63, 3.8) is 0 Å². The highest BCUT2D eigenvalue weighted by atomic mass is 32.2. The van der Waals surface area contributed by atoms with Gasteiger partial charge in [0.1, 0.15) is 12.6 Å². The highest BCUT2D eigenvalue weighted by Gasteiger charge is 2.27. The molecule has 0 saturated carbocycles. The number of alkyl carbamates (subject to hydrolysis) is 1. The molecule has 0 radical (unpaired) electrons. The first-order valence-electron chi connectivity index (χ1n) is 16.8. The molecule has 13 heteroatoms. The van der Waals surface area contributed by atoms with Crippen molar-refractivity contribution >= 4 is 46.2 Å². The summed E-state index contributed by atoms with van der Waals surface area (Å²) < 4.78 is 5.48. The van der Waals surface area contributed by atoms with Gasteiger partial charge in [0.05, 0.1) is 21.5 Å². The van der Waals surface area contributed by atoms with E-state index in [2.05, 4.69) is 34.8 Å². The summed E-state index contributed by atoms with van der Waals surface area (Å²) in [5.41, 5.74) is 9.75. The third-order valence-electron chi connectivity index (χ3n) is 8.14. The van der Waals surface area contributed by atoms with E-state index in [0.29, 0.717) is 44.6 Å². The van der Waals surface area contributed by atoms with Gasteiger partial charge in [-0.15, -0.1) is 23.1 Å². The summed E-state index contributed by atoms with van der Waals surface area (Å²) in [5.74, 6) is 0.910. The van der Waals surface area contributed by atoms with Crippen LogP contribution in [0.4, 0.5) is 9.59 Å². The Labute approximate surface area is 297 Å². The standard InChI is InChI=1S/C36H49N7O4S2/c1-25(2)34-40-30(23-48-34)21-43(3)35(45)42-32(16-17-37)33(44)39-28(18-26-10-6-4-7-11-26)14-15-29(19-27-12-8-5-9-13-27)41-36(46)47-22-31-20-38-24-49-31/h4-13,20,24-25,28-30,32H,14-19,21-23,37H2,1-3H3,(H,39,44)(H,41,46)(H,42,45). The second-order valence-electron chi connectivity index (χ2n) is 12.6. The number of aromatic nitrogens is 1. The van der Waals surface area contributed by atoms with Crippen molar-refractivity contribution in [2.45, 2.75) is 76.7 Å². The molecule has 0 spiro atoms. The number of nitrogens with two attached hydrogens (primary N) is 1. The molecule has 11 nitrogen and oxygen atoms in total. The SMILES string of the molecule is CC(C)C1=NC(CN(C)C(=O)NC(CCN)C(=O)NC(CCC(Cc2ccccc2)NC(=O)OCc2cncs2)Cc2ccccc2)CS1. The summed E-state index contributed by atoms with van der Waals surface area (Å²) in [4.78, 5) is 51.0. The zero-order valence-corrected chi connectivity index (χ0v) is 30.2. The minimum atomic E-state index is -0.800. The van der Waals surface area contributed by atoms with Gasteiger partial charge in [-0.3, -0.25) is 14.8 Å². The van der Waals surface area contributed by atoms with Crippen molar-refractivity contribution in [2.24, 2.45) is 16.6 Å². The van der Waals surface area contributed by atoms with Crippen molar-refractivity contribution in [1.29, 1.82) is 0 Å². The highest BCUT2D eigenvalue weighted by molar-refractivity contribution is 8.14. The number of benzene rings is 2. The van der Waals surface area contributed by atoms with Crippen molar-refractivity contribution in [3.05, 3.63) is 88.4 Å². The number of thiazole rings is 1. The Morgan fingerprint density at radius 3 is 2.12 bits per heavy atom. The summed E-state index contributed by atoms with van der Waals surface area (Å²) in [7, 11) is 1.72. The molecule has 0 fully saturated rings. The molecule has 5 N–H and O–H groups in total. The number of amides is 4. The fourth-order valence-electron chi connectivity index (χ4n) is 5.55. The molecular weight excluding hydrogens is 659 g/mol. The van der Waals surface area contributed by atoms with Crippen LogP contribution in [0.15, 0.2) is 77.4 Å². The van der Waals surface area contributed by atoms with E-state index in [1.165, 1.54) is 11.3 Å². The van der Waals surface area contributed by atoms with Gasteiger partial charge in [0, 0.05) is 43.5 Å². The number of carbonyl (C=O) groups excluding carboxylic acids is 3. The number of nitrogens with one attached hydrogen (secondary N) is 3. The van der Waals surface area contributed by atoms with Crippen LogP contribution in [0.3, 0.4) is 0 Å². The Morgan fingerprint density at radius 1 is 0.939 bits per heavy atom.